The van der Waals surface area contributed by atoms with Crippen molar-refractivity contribution >= 4 is 0 Å². The maximum atomic E-state index is 6.33. The van der Waals surface area contributed by atoms with Gasteiger partial charge in [0.1, 0.15) is 11.9 Å². The molecular formula is C18H29NO. The highest BCUT2D eigenvalue weighted by molar-refractivity contribution is 5.33. The molecule has 0 saturated heterocycles. The van der Waals surface area contributed by atoms with Gasteiger partial charge < -0.3 is 10.1 Å². The van der Waals surface area contributed by atoms with Crippen molar-refractivity contribution in [2.75, 3.05) is 7.05 Å². The second kappa shape index (κ2) is 7.12. The molecule has 0 aliphatic heterocycles. The molecule has 1 aliphatic rings. The monoisotopic (exact) mass is 275 g/mol. The van der Waals surface area contributed by atoms with Gasteiger partial charge in [-0.25, -0.2) is 0 Å². The molecule has 1 aliphatic carbocycles. The second-order valence-electron chi connectivity index (χ2n) is 6.34. The van der Waals surface area contributed by atoms with E-state index in [-0.39, 0.29) is 0 Å². The first-order valence-electron chi connectivity index (χ1n) is 8.04. The molecule has 1 aromatic rings. The molecule has 0 amide bonds. The van der Waals surface area contributed by atoms with Gasteiger partial charge in [0.25, 0.3) is 0 Å². The van der Waals surface area contributed by atoms with Crippen LogP contribution >= 0.6 is 0 Å². The Morgan fingerprint density at radius 3 is 2.45 bits per heavy atom. The zero-order valence-corrected chi connectivity index (χ0v) is 13.4. The molecule has 3 atom stereocenters. The number of likely N-dealkylation sites (N-methyl/N-ethyl adjacent to an activating group) is 1. The van der Waals surface area contributed by atoms with E-state index in [1.54, 1.807) is 0 Å². The van der Waals surface area contributed by atoms with Crippen molar-refractivity contribution in [3.05, 3.63) is 29.3 Å². The van der Waals surface area contributed by atoms with Crippen LogP contribution in [-0.2, 0) is 0 Å². The van der Waals surface area contributed by atoms with Gasteiger partial charge in [0, 0.05) is 6.04 Å². The number of hydrogen-bond acceptors (Lipinski definition) is 2. The molecule has 1 N–H and O–H groups in total. The Balaban J connectivity index is 2.06. The molecule has 1 saturated carbocycles. The van der Waals surface area contributed by atoms with E-state index < -0.39 is 0 Å². The summed E-state index contributed by atoms with van der Waals surface area (Å²) in [5, 5.41) is 3.44. The van der Waals surface area contributed by atoms with Crippen molar-refractivity contribution in [1.29, 1.82) is 0 Å². The molecular weight excluding hydrogens is 246 g/mol. The Kier molecular flexibility index (Phi) is 5.47. The van der Waals surface area contributed by atoms with E-state index in [1.165, 1.54) is 43.2 Å². The molecule has 1 aromatic carbocycles. The van der Waals surface area contributed by atoms with Crippen LogP contribution in [0, 0.1) is 19.8 Å². The zero-order valence-electron chi connectivity index (χ0n) is 13.4. The van der Waals surface area contributed by atoms with Gasteiger partial charge in [-0.05, 0) is 69.3 Å². The van der Waals surface area contributed by atoms with Crippen LogP contribution in [0.2, 0.25) is 0 Å². The molecule has 0 heterocycles. The lowest BCUT2D eigenvalue weighted by Gasteiger charge is -2.36. The number of benzene rings is 1. The maximum Gasteiger partial charge on any atom is 0.120 e. The smallest absolute Gasteiger partial charge is 0.120 e. The average molecular weight is 275 g/mol. The summed E-state index contributed by atoms with van der Waals surface area (Å²) in [7, 11) is 2.06. The van der Waals surface area contributed by atoms with Crippen molar-refractivity contribution < 1.29 is 4.74 Å². The van der Waals surface area contributed by atoms with Crippen LogP contribution in [0.15, 0.2) is 18.2 Å². The van der Waals surface area contributed by atoms with Gasteiger partial charge >= 0.3 is 0 Å². The van der Waals surface area contributed by atoms with E-state index >= 15 is 0 Å². The average Bonchev–Trinajstić information content (AvgIpc) is 2.38. The lowest BCUT2D eigenvalue weighted by molar-refractivity contribution is 0.0865. The van der Waals surface area contributed by atoms with E-state index in [1.807, 2.05) is 0 Å². The van der Waals surface area contributed by atoms with Gasteiger partial charge in [-0.1, -0.05) is 25.8 Å². The fraction of sp³-hybridized carbons (Fsp3) is 0.667. The van der Waals surface area contributed by atoms with Crippen LogP contribution in [-0.4, -0.2) is 19.2 Å². The molecule has 2 rings (SSSR count). The first-order valence-corrected chi connectivity index (χ1v) is 8.04. The first kappa shape index (κ1) is 15.4. The maximum absolute atomic E-state index is 6.33. The molecule has 3 unspecified atom stereocenters. The van der Waals surface area contributed by atoms with Gasteiger partial charge in [0.15, 0.2) is 0 Å². The minimum atomic E-state index is 0.312. The van der Waals surface area contributed by atoms with Gasteiger partial charge in [0.05, 0.1) is 0 Å². The molecule has 0 spiro atoms. The molecule has 0 bridgehead atoms. The lowest BCUT2D eigenvalue weighted by atomic mass is 9.81. The summed E-state index contributed by atoms with van der Waals surface area (Å²) >= 11 is 0. The zero-order chi connectivity index (χ0) is 14.5. The number of ether oxygens (including phenoxy) is 1. The van der Waals surface area contributed by atoms with Crippen molar-refractivity contribution in [2.45, 2.75) is 65.0 Å². The number of aryl methyl sites for hydroxylation is 2. The SMILES string of the molecule is CCCC1CCC(NC)C(Oc2cc(C)cc(C)c2)C1. The van der Waals surface area contributed by atoms with Crippen LogP contribution in [0.1, 0.15) is 50.2 Å². The molecule has 2 heteroatoms. The van der Waals surface area contributed by atoms with Crippen molar-refractivity contribution in [1.82, 2.24) is 5.32 Å². The van der Waals surface area contributed by atoms with Crippen LogP contribution in [0.4, 0.5) is 0 Å². The normalized spacial score (nSPS) is 26.5. The quantitative estimate of drug-likeness (QED) is 0.868. The predicted molar refractivity (Wildman–Crippen MR) is 85.4 cm³/mol. The fourth-order valence-electron chi connectivity index (χ4n) is 3.52. The number of rotatable bonds is 5. The topological polar surface area (TPSA) is 21.3 Å². The van der Waals surface area contributed by atoms with Gasteiger partial charge in [0.2, 0.25) is 0 Å². The van der Waals surface area contributed by atoms with Crippen molar-refractivity contribution in [3.63, 3.8) is 0 Å². The van der Waals surface area contributed by atoms with Crippen molar-refractivity contribution in [3.8, 4) is 5.75 Å². The summed E-state index contributed by atoms with van der Waals surface area (Å²) in [6, 6.07) is 7.00. The minimum Gasteiger partial charge on any atom is -0.489 e. The summed E-state index contributed by atoms with van der Waals surface area (Å²) in [5.74, 6) is 1.87. The third kappa shape index (κ3) is 3.99. The Bertz CT molecular complexity index is 409. The number of nitrogens with one attached hydrogen (secondary N) is 1. The summed E-state index contributed by atoms with van der Waals surface area (Å²) in [5.41, 5.74) is 2.56. The Morgan fingerprint density at radius 2 is 1.85 bits per heavy atom. The summed E-state index contributed by atoms with van der Waals surface area (Å²) in [4.78, 5) is 0. The van der Waals surface area contributed by atoms with Crippen LogP contribution < -0.4 is 10.1 Å². The van der Waals surface area contributed by atoms with Crippen LogP contribution in [0.5, 0.6) is 5.75 Å². The predicted octanol–water partition coefficient (Wildman–Crippen LogP) is 4.24. The highest BCUT2D eigenvalue weighted by Gasteiger charge is 2.30. The number of hydrogen-bond donors (Lipinski definition) is 1. The van der Waals surface area contributed by atoms with E-state index in [2.05, 4.69) is 51.3 Å². The summed E-state index contributed by atoms with van der Waals surface area (Å²) < 4.78 is 6.33. The van der Waals surface area contributed by atoms with Gasteiger partial charge in [-0.2, -0.15) is 0 Å². The van der Waals surface area contributed by atoms with Gasteiger partial charge in [-0.3, -0.25) is 0 Å². The van der Waals surface area contributed by atoms with E-state index in [0.29, 0.717) is 12.1 Å². The van der Waals surface area contributed by atoms with Crippen LogP contribution in [0.3, 0.4) is 0 Å². The highest BCUT2D eigenvalue weighted by atomic mass is 16.5. The van der Waals surface area contributed by atoms with Gasteiger partial charge in [-0.15, -0.1) is 0 Å². The Hall–Kier alpha value is -1.02. The molecule has 0 radical (unpaired) electrons. The lowest BCUT2D eigenvalue weighted by Crippen LogP contribution is -2.45. The van der Waals surface area contributed by atoms with E-state index in [0.717, 1.165) is 11.7 Å². The Labute approximate surface area is 123 Å². The highest BCUT2D eigenvalue weighted by Crippen LogP contribution is 2.31. The molecule has 112 valence electrons. The van der Waals surface area contributed by atoms with Crippen LogP contribution in [0.25, 0.3) is 0 Å². The molecule has 0 aromatic heterocycles. The third-order valence-corrected chi connectivity index (χ3v) is 4.45. The minimum absolute atomic E-state index is 0.312. The third-order valence-electron chi connectivity index (χ3n) is 4.45. The largest absolute Gasteiger partial charge is 0.489 e. The summed E-state index contributed by atoms with van der Waals surface area (Å²) in [6.45, 7) is 6.55. The standard InChI is InChI=1S/C18H29NO/c1-5-6-15-7-8-17(19-4)18(12-15)20-16-10-13(2)9-14(3)11-16/h9-11,15,17-19H,5-8,12H2,1-4H3. The first-order chi connectivity index (χ1) is 9.62. The van der Waals surface area contributed by atoms with E-state index in [4.69, 9.17) is 4.74 Å². The van der Waals surface area contributed by atoms with Crippen molar-refractivity contribution in [2.24, 2.45) is 5.92 Å². The molecule has 2 nitrogen and oxygen atoms in total. The molecule has 1 fully saturated rings. The van der Waals surface area contributed by atoms with E-state index in [9.17, 15) is 0 Å². The fourth-order valence-corrected chi connectivity index (χ4v) is 3.52. The molecule has 20 heavy (non-hydrogen) atoms. The summed E-state index contributed by atoms with van der Waals surface area (Å²) in [6.07, 6.45) is 6.69. The Morgan fingerprint density at radius 1 is 1.15 bits per heavy atom. The second-order valence-corrected chi connectivity index (χ2v) is 6.34.